The molecule has 0 fully saturated rings. The molecule has 0 N–H and O–H groups in total. The van der Waals surface area contributed by atoms with Crippen LogP contribution in [-0.4, -0.2) is 45.8 Å². The lowest BCUT2D eigenvalue weighted by atomic mass is 10.2. The molecule has 0 spiro atoms. The fourth-order valence-electron chi connectivity index (χ4n) is 0.990. The van der Waals surface area contributed by atoms with Gasteiger partial charge < -0.3 is 18.9 Å². The van der Waals surface area contributed by atoms with Gasteiger partial charge in [0.05, 0.1) is 26.4 Å². The van der Waals surface area contributed by atoms with E-state index in [0.717, 1.165) is 0 Å². The minimum absolute atomic E-state index is 0.0882. The summed E-state index contributed by atoms with van der Waals surface area (Å²) in [5.74, 6) is -0.465. The summed E-state index contributed by atoms with van der Waals surface area (Å²) in [6.45, 7) is 11.5. The topological polar surface area (TPSA) is 54.0 Å². The smallest absolute Gasteiger partial charge is 0.335 e. The standard InChI is InChI=1S/C13H22O5/c1-4-7-17-11-18-13(14)12(3)6-8-16-10-9-15-5-2/h4H,1,3,5-11H2,2H3. The molecule has 0 aromatic carbocycles. The molecular formula is C13H22O5. The van der Waals surface area contributed by atoms with Crippen LogP contribution in [0.3, 0.4) is 0 Å². The Balaban J connectivity index is 3.44. The summed E-state index contributed by atoms with van der Waals surface area (Å²) in [6, 6.07) is 0. The molecular weight excluding hydrogens is 236 g/mol. The second kappa shape index (κ2) is 12.3. The molecule has 0 atom stereocenters. The molecule has 5 nitrogen and oxygen atoms in total. The second-order valence-corrected chi connectivity index (χ2v) is 3.37. The number of hydrogen-bond acceptors (Lipinski definition) is 5. The average Bonchev–Trinajstić information content (AvgIpc) is 2.38. The Kier molecular flexibility index (Phi) is 11.5. The molecule has 0 aliphatic carbocycles. The average molecular weight is 258 g/mol. The predicted molar refractivity (Wildman–Crippen MR) is 68.2 cm³/mol. The van der Waals surface area contributed by atoms with E-state index >= 15 is 0 Å². The van der Waals surface area contributed by atoms with Gasteiger partial charge in [0, 0.05) is 18.6 Å². The van der Waals surface area contributed by atoms with Crippen molar-refractivity contribution in [3.8, 4) is 0 Å². The quantitative estimate of drug-likeness (QED) is 0.175. The van der Waals surface area contributed by atoms with Gasteiger partial charge in [-0.2, -0.15) is 0 Å². The molecule has 0 aromatic rings. The lowest BCUT2D eigenvalue weighted by molar-refractivity contribution is -0.150. The number of carbonyl (C=O) groups excluding carboxylic acids is 1. The number of esters is 1. The first kappa shape index (κ1) is 16.8. The van der Waals surface area contributed by atoms with E-state index in [-0.39, 0.29) is 6.79 Å². The third-order valence-corrected chi connectivity index (χ3v) is 1.92. The van der Waals surface area contributed by atoms with Crippen molar-refractivity contribution >= 4 is 5.97 Å². The van der Waals surface area contributed by atoms with E-state index in [2.05, 4.69) is 13.2 Å². The van der Waals surface area contributed by atoms with Gasteiger partial charge in [-0.25, -0.2) is 4.79 Å². The number of hydrogen-bond donors (Lipinski definition) is 0. The molecule has 0 saturated heterocycles. The van der Waals surface area contributed by atoms with Gasteiger partial charge in [0.15, 0.2) is 6.79 Å². The van der Waals surface area contributed by atoms with Crippen molar-refractivity contribution in [2.24, 2.45) is 0 Å². The summed E-state index contributed by atoms with van der Waals surface area (Å²) in [4.78, 5) is 11.4. The van der Waals surface area contributed by atoms with E-state index in [0.29, 0.717) is 45.0 Å². The first-order valence-corrected chi connectivity index (χ1v) is 5.91. The SMILES string of the molecule is C=CCOCOC(=O)C(=C)CCOCCOCC. The van der Waals surface area contributed by atoms with Gasteiger partial charge in [-0.3, -0.25) is 0 Å². The number of rotatable bonds is 12. The summed E-state index contributed by atoms with van der Waals surface area (Å²) in [5, 5.41) is 0. The van der Waals surface area contributed by atoms with Crippen molar-refractivity contribution in [3.05, 3.63) is 24.8 Å². The van der Waals surface area contributed by atoms with Crippen molar-refractivity contribution in [1.29, 1.82) is 0 Å². The zero-order valence-electron chi connectivity index (χ0n) is 11.0. The third-order valence-electron chi connectivity index (χ3n) is 1.92. The van der Waals surface area contributed by atoms with E-state index < -0.39 is 5.97 Å². The van der Waals surface area contributed by atoms with E-state index in [1.165, 1.54) is 0 Å². The monoisotopic (exact) mass is 258 g/mol. The highest BCUT2D eigenvalue weighted by Gasteiger charge is 2.07. The van der Waals surface area contributed by atoms with Crippen molar-refractivity contribution in [1.82, 2.24) is 0 Å². The van der Waals surface area contributed by atoms with Crippen molar-refractivity contribution in [2.45, 2.75) is 13.3 Å². The Morgan fingerprint density at radius 2 is 1.89 bits per heavy atom. The minimum Gasteiger partial charge on any atom is -0.435 e. The van der Waals surface area contributed by atoms with Crippen LogP contribution in [0.25, 0.3) is 0 Å². The lowest BCUT2D eigenvalue weighted by Crippen LogP contribution is -2.12. The first-order valence-electron chi connectivity index (χ1n) is 5.91. The van der Waals surface area contributed by atoms with Gasteiger partial charge in [0.1, 0.15) is 0 Å². The predicted octanol–water partition coefficient (Wildman–Crippen LogP) is 1.69. The van der Waals surface area contributed by atoms with Gasteiger partial charge in [-0.15, -0.1) is 6.58 Å². The van der Waals surface area contributed by atoms with Crippen LogP contribution in [0.2, 0.25) is 0 Å². The van der Waals surface area contributed by atoms with Gasteiger partial charge in [0.25, 0.3) is 0 Å². The maximum atomic E-state index is 11.4. The molecule has 104 valence electrons. The molecule has 0 unspecified atom stereocenters. The Hall–Kier alpha value is -1.17. The largest absolute Gasteiger partial charge is 0.435 e. The number of ether oxygens (including phenoxy) is 4. The van der Waals surface area contributed by atoms with Gasteiger partial charge in [-0.05, 0) is 6.92 Å². The van der Waals surface area contributed by atoms with Gasteiger partial charge >= 0.3 is 5.97 Å². The molecule has 0 aromatic heterocycles. The van der Waals surface area contributed by atoms with Crippen LogP contribution in [0, 0.1) is 0 Å². The van der Waals surface area contributed by atoms with Crippen LogP contribution in [0.15, 0.2) is 24.8 Å². The molecule has 0 saturated carbocycles. The summed E-state index contributed by atoms with van der Waals surface area (Å²) in [5.41, 5.74) is 0.369. The summed E-state index contributed by atoms with van der Waals surface area (Å²) < 4.78 is 20.1. The Morgan fingerprint density at radius 3 is 2.56 bits per heavy atom. The van der Waals surface area contributed by atoms with Crippen LogP contribution in [-0.2, 0) is 23.7 Å². The van der Waals surface area contributed by atoms with Crippen LogP contribution < -0.4 is 0 Å². The highest BCUT2D eigenvalue weighted by Crippen LogP contribution is 2.01. The second-order valence-electron chi connectivity index (χ2n) is 3.37. The van der Waals surface area contributed by atoms with E-state index in [1.54, 1.807) is 6.08 Å². The van der Waals surface area contributed by atoms with Crippen molar-refractivity contribution in [2.75, 3.05) is 39.8 Å². The zero-order chi connectivity index (χ0) is 13.6. The maximum absolute atomic E-state index is 11.4. The number of carbonyl (C=O) groups is 1. The van der Waals surface area contributed by atoms with Crippen molar-refractivity contribution in [3.63, 3.8) is 0 Å². The molecule has 0 heterocycles. The molecule has 5 heteroatoms. The zero-order valence-corrected chi connectivity index (χ0v) is 11.0. The van der Waals surface area contributed by atoms with Crippen molar-refractivity contribution < 1.29 is 23.7 Å². The third kappa shape index (κ3) is 10.0. The first-order chi connectivity index (χ1) is 8.72. The molecule has 18 heavy (non-hydrogen) atoms. The molecule has 0 aliphatic heterocycles. The van der Waals surface area contributed by atoms with Crippen LogP contribution >= 0.6 is 0 Å². The lowest BCUT2D eigenvalue weighted by Gasteiger charge is -2.07. The molecule has 0 bridgehead atoms. The summed E-state index contributed by atoms with van der Waals surface area (Å²) in [7, 11) is 0. The fraction of sp³-hybridized carbons (Fsp3) is 0.615. The van der Waals surface area contributed by atoms with E-state index in [9.17, 15) is 4.79 Å². The van der Waals surface area contributed by atoms with Crippen LogP contribution in [0.1, 0.15) is 13.3 Å². The molecule has 0 amide bonds. The summed E-state index contributed by atoms with van der Waals surface area (Å²) >= 11 is 0. The minimum atomic E-state index is -0.465. The molecule has 0 rings (SSSR count). The van der Waals surface area contributed by atoms with E-state index in [1.807, 2.05) is 6.92 Å². The maximum Gasteiger partial charge on any atom is 0.335 e. The highest BCUT2D eigenvalue weighted by atomic mass is 16.7. The van der Waals surface area contributed by atoms with Gasteiger partial charge in [0.2, 0.25) is 0 Å². The molecule has 0 radical (unpaired) electrons. The Morgan fingerprint density at radius 1 is 1.17 bits per heavy atom. The normalized spacial score (nSPS) is 10.1. The summed E-state index contributed by atoms with van der Waals surface area (Å²) in [6.07, 6.45) is 2.02. The van der Waals surface area contributed by atoms with E-state index in [4.69, 9.17) is 18.9 Å². The Labute approximate surface area is 108 Å². The molecule has 0 aliphatic rings. The Bertz CT molecular complexity index is 250. The van der Waals surface area contributed by atoms with Crippen LogP contribution in [0.5, 0.6) is 0 Å². The van der Waals surface area contributed by atoms with Gasteiger partial charge in [-0.1, -0.05) is 12.7 Å². The fourth-order valence-corrected chi connectivity index (χ4v) is 0.990. The van der Waals surface area contributed by atoms with Crippen LogP contribution in [0.4, 0.5) is 0 Å². The highest BCUT2D eigenvalue weighted by molar-refractivity contribution is 5.87.